The maximum atomic E-state index is 11.4. The number of hydrogen-bond acceptors (Lipinski definition) is 7. The third kappa shape index (κ3) is 3.80. The molecule has 1 aromatic carbocycles. The van der Waals surface area contributed by atoms with Gasteiger partial charge in [-0.1, -0.05) is 0 Å². The molecule has 0 atom stereocenters. The molecule has 154 valence electrons. The number of nitrogens with zero attached hydrogens (tertiary/aromatic N) is 5. The Morgan fingerprint density at radius 1 is 1.35 bits per heavy atom. The van der Waals surface area contributed by atoms with Crippen molar-refractivity contribution in [3.8, 4) is 11.9 Å². The third-order valence-electron chi connectivity index (χ3n) is 4.74. The zero-order valence-electron chi connectivity index (χ0n) is 15.9. The van der Waals surface area contributed by atoms with Crippen LogP contribution in [-0.4, -0.2) is 35.7 Å². The van der Waals surface area contributed by atoms with E-state index in [-0.39, 0.29) is 17.6 Å². The number of imidazole rings is 1. The molecule has 1 saturated carbocycles. The van der Waals surface area contributed by atoms with Gasteiger partial charge in [-0.05, 0) is 53.0 Å². The Kier molecular flexibility index (Phi) is 4.56. The Balaban J connectivity index is 1.66. The fourth-order valence-corrected chi connectivity index (χ4v) is 3.56. The van der Waals surface area contributed by atoms with Crippen molar-refractivity contribution in [1.82, 2.24) is 24.6 Å². The largest absolute Gasteiger partial charge is 0.493 e. The van der Waals surface area contributed by atoms with Crippen molar-refractivity contribution >= 4 is 39.2 Å². The Labute approximate surface area is 182 Å². The van der Waals surface area contributed by atoms with Gasteiger partial charge in [0, 0.05) is 15.8 Å². The van der Waals surface area contributed by atoms with Crippen LogP contribution in [0.25, 0.3) is 11.7 Å². The van der Waals surface area contributed by atoms with E-state index in [2.05, 4.69) is 47.4 Å². The quantitative estimate of drug-likeness (QED) is 0.348. The summed E-state index contributed by atoms with van der Waals surface area (Å²) in [5, 5.41) is 27.2. The predicted molar refractivity (Wildman–Crippen MR) is 116 cm³/mol. The lowest BCUT2D eigenvalue weighted by molar-refractivity contribution is 0.454. The van der Waals surface area contributed by atoms with Gasteiger partial charge in [0.25, 0.3) is 0 Å². The van der Waals surface area contributed by atoms with Crippen LogP contribution in [0.4, 0.5) is 11.5 Å². The maximum absolute atomic E-state index is 11.4. The van der Waals surface area contributed by atoms with Crippen LogP contribution >= 0.6 is 15.9 Å². The molecule has 1 fully saturated rings. The van der Waals surface area contributed by atoms with Gasteiger partial charge in [-0.25, -0.2) is 9.78 Å². The summed E-state index contributed by atoms with van der Waals surface area (Å²) in [6.07, 6.45) is 5.25. The molecule has 31 heavy (non-hydrogen) atoms. The Hall–Kier alpha value is -3.91. The molecule has 10 nitrogen and oxygen atoms in total. The Morgan fingerprint density at radius 3 is 2.87 bits per heavy atom. The zero-order valence-corrected chi connectivity index (χ0v) is 17.5. The number of nitriles is 1. The van der Waals surface area contributed by atoms with Crippen LogP contribution in [0.2, 0.25) is 0 Å². The van der Waals surface area contributed by atoms with E-state index in [0.717, 1.165) is 23.0 Å². The summed E-state index contributed by atoms with van der Waals surface area (Å²) in [5.41, 5.74) is 2.16. The fourth-order valence-electron chi connectivity index (χ4n) is 3.08. The number of aromatic amines is 2. The first-order valence-electron chi connectivity index (χ1n) is 9.42. The van der Waals surface area contributed by atoms with E-state index in [1.807, 2.05) is 6.07 Å². The van der Waals surface area contributed by atoms with E-state index >= 15 is 0 Å². The lowest BCUT2D eigenvalue weighted by atomic mass is 10.2. The molecule has 5 rings (SSSR count). The smallest absolute Gasteiger partial charge is 0.326 e. The maximum Gasteiger partial charge on any atom is 0.326 e. The van der Waals surface area contributed by atoms with Gasteiger partial charge in [-0.15, -0.1) is 0 Å². The number of rotatable bonds is 4. The summed E-state index contributed by atoms with van der Waals surface area (Å²) in [7, 11) is 0. The van der Waals surface area contributed by atoms with Crippen molar-refractivity contribution in [3.63, 3.8) is 0 Å². The summed E-state index contributed by atoms with van der Waals surface area (Å²) in [5.74, 6) is 0.280. The molecule has 0 radical (unpaired) electrons. The van der Waals surface area contributed by atoms with Crippen LogP contribution in [0.3, 0.4) is 0 Å². The summed E-state index contributed by atoms with van der Waals surface area (Å²) < 4.78 is 2.36. The van der Waals surface area contributed by atoms with Gasteiger partial charge >= 0.3 is 5.69 Å². The Morgan fingerprint density at radius 2 is 2.19 bits per heavy atom. The molecule has 0 unspecified atom stereocenters. The number of hydrogen-bond donors (Lipinski definition) is 4. The number of anilines is 2. The minimum Gasteiger partial charge on any atom is -0.493 e. The lowest BCUT2D eigenvalue weighted by Crippen LogP contribution is -2.19. The number of benzene rings is 1. The normalized spacial score (nSPS) is 14.8. The molecule has 0 aliphatic heterocycles. The average molecular weight is 479 g/mol. The first kappa shape index (κ1) is 19.1. The minimum atomic E-state index is -0.509. The van der Waals surface area contributed by atoms with E-state index in [9.17, 15) is 9.90 Å². The van der Waals surface area contributed by atoms with Gasteiger partial charge in [0.2, 0.25) is 5.88 Å². The molecule has 0 spiro atoms. The highest BCUT2D eigenvalue weighted by molar-refractivity contribution is 9.10. The fraction of sp³-hybridized carbons (Fsp3) is 0.150. The third-order valence-corrected chi connectivity index (χ3v) is 5.39. The second-order valence-electron chi connectivity index (χ2n) is 7.11. The molecule has 1 aliphatic rings. The second-order valence-corrected chi connectivity index (χ2v) is 7.97. The van der Waals surface area contributed by atoms with E-state index in [4.69, 9.17) is 10.3 Å². The first-order chi connectivity index (χ1) is 15.0. The van der Waals surface area contributed by atoms with Crippen LogP contribution in [0.1, 0.15) is 24.1 Å². The van der Waals surface area contributed by atoms with Gasteiger partial charge in [0.05, 0.1) is 29.6 Å². The van der Waals surface area contributed by atoms with Crippen LogP contribution in [0.5, 0.6) is 5.88 Å². The molecular formula is C20H15BrN8O2. The number of aromatic hydroxyl groups is 1. The van der Waals surface area contributed by atoms with Crippen molar-refractivity contribution in [2.45, 2.75) is 18.9 Å². The molecular weight excluding hydrogens is 464 g/mol. The van der Waals surface area contributed by atoms with E-state index < -0.39 is 5.69 Å². The first-order valence-corrected chi connectivity index (χ1v) is 10.2. The molecule has 1 aliphatic carbocycles. The standard InChI is InChI=1S/C20H15BrN8O2/c21-13-5-10(8-22)1-4-14(13)25-16-7-17(24-12-2-3-12)29-18(27-16)11(9-23-29)6-15-19(30)28-20(31)26-15/h1,4-7,9,12,25,30H,2-3H2,(H2,26,28,31). The highest BCUT2D eigenvalue weighted by Gasteiger charge is 2.20. The van der Waals surface area contributed by atoms with Crippen LogP contribution in [-0.2, 0) is 0 Å². The van der Waals surface area contributed by atoms with Crippen LogP contribution in [0.15, 0.2) is 44.7 Å². The average Bonchev–Trinajstić information content (AvgIpc) is 3.38. The molecule has 0 saturated heterocycles. The summed E-state index contributed by atoms with van der Waals surface area (Å²) in [6, 6.07) is 9.40. The molecule has 4 N–H and O–H groups in total. The molecule has 4 aromatic rings. The predicted octanol–water partition coefficient (Wildman–Crippen LogP) is 1.44. The second kappa shape index (κ2) is 7.41. The number of fused-ring (bicyclic) bond motifs is 1. The number of halogens is 1. The van der Waals surface area contributed by atoms with Gasteiger partial charge in [0.15, 0.2) is 11.1 Å². The van der Waals surface area contributed by atoms with Gasteiger partial charge in [0.1, 0.15) is 11.5 Å². The molecule has 3 heterocycles. The number of H-pyrrole nitrogens is 2. The summed E-state index contributed by atoms with van der Waals surface area (Å²) >= 11 is 3.47. The van der Waals surface area contributed by atoms with Crippen molar-refractivity contribution in [2.75, 3.05) is 5.32 Å². The van der Waals surface area contributed by atoms with E-state index in [1.54, 1.807) is 35.0 Å². The molecule has 3 aromatic heterocycles. The van der Waals surface area contributed by atoms with Crippen molar-refractivity contribution in [1.29, 1.82) is 5.26 Å². The SMILES string of the molecule is N#Cc1ccc(Nc2cc(=NC3CC3)n3ncc(=Cc4[nH]c(=O)[nH]c4O)c3n2)c(Br)c1. The highest BCUT2D eigenvalue weighted by atomic mass is 79.9. The molecule has 0 amide bonds. The molecule has 0 bridgehead atoms. The van der Waals surface area contributed by atoms with Gasteiger partial charge in [-0.3, -0.25) is 9.98 Å². The topological polar surface area (TPSA) is 147 Å². The van der Waals surface area contributed by atoms with Crippen molar-refractivity contribution in [3.05, 3.63) is 67.4 Å². The minimum absolute atomic E-state index is 0.232. The monoisotopic (exact) mass is 478 g/mol. The van der Waals surface area contributed by atoms with E-state index in [1.165, 1.54) is 0 Å². The van der Waals surface area contributed by atoms with E-state index in [0.29, 0.717) is 27.7 Å². The van der Waals surface area contributed by atoms with Gasteiger partial charge in [-0.2, -0.15) is 14.9 Å². The van der Waals surface area contributed by atoms with Crippen LogP contribution in [0, 0.1) is 11.3 Å². The highest BCUT2D eigenvalue weighted by Crippen LogP contribution is 2.26. The number of nitrogens with one attached hydrogen (secondary N) is 3. The summed E-state index contributed by atoms with van der Waals surface area (Å²) in [4.78, 5) is 25.6. The zero-order chi connectivity index (χ0) is 21.5. The van der Waals surface area contributed by atoms with Gasteiger partial charge < -0.3 is 15.4 Å². The lowest BCUT2D eigenvalue weighted by Gasteiger charge is -2.08. The number of aromatic nitrogens is 5. The molecule has 11 heteroatoms. The Bertz CT molecular complexity index is 1540. The van der Waals surface area contributed by atoms with Crippen molar-refractivity contribution < 1.29 is 5.11 Å². The summed E-state index contributed by atoms with van der Waals surface area (Å²) in [6.45, 7) is 0. The van der Waals surface area contributed by atoms with Crippen molar-refractivity contribution in [2.24, 2.45) is 4.99 Å². The van der Waals surface area contributed by atoms with Crippen LogP contribution < -0.4 is 21.7 Å².